The number of nitrogens with zero attached hydrogens (tertiary/aromatic N) is 2. The molecule has 1 aliphatic carbocycles. The first kappa shape index (κ1) is 22.6. The fourth-order valence-electron chi connectivity index (χ4n) is 3.17. The number of imide groups is 1. The summed E-state index contributed by atoms with van der Waals surface area (Å²) in [6.45, 7) is 2.06. The minimum Gasteiger partial charge on any atom is -0.490 e. The van der Waals surface area contributed by atoms with Crippen LogP contribution in [0.25, 0.3) is 0 Å². The van der Waals surface area contributed by atoms with Crippen molar-refractivity contribution in [3.63, 3.8) is 0 Å². The third kappa shape index (κ3) is 5.61. The third-order valence-corrected chi connectivity index (χ3v) is 7.70. The van der Waals surface area contributed by atoms with Crippen LogP contribution in [0.1, 0.15) is 36.4 Å². The highest BCUT2D eigenvalue weighted by Gasteiger charge is 2.29. The lowest BCUT2D eigenvalue weighted by molar-refractivity contribution is -0.117. The Hall–Kier alpha value is -2.57. The second kappa shape index (κ2) is 9.12. The molecule has 9 nitrogen and oxygen atoms in total. The first-order valence-corrected chi connectivity index (χ1v) is 12.7. The zero-order chi connectivity index (χ0) is 22.9. The summed E-state index contributed by atoms with van der Waals surface area (Å²) in [7, 11) is -3.66. The molecule has 1 saturated carbocycles. The summed E-state index contributed by atoms with van der Waals surface area (Å²) >= 11 is 1.16. The van der Waals surface area contributed by atoms with Gasteiger partial charge in [-0.3, -0.25) is 15.0 Å². The molecule has 2 fully saturated rings. The van der Waals surface area contributed by atoms with Gasteiger partial charge in [-0.2, -0.15) is 0 Å². The molecular formula is C20H23FN4O5S2. The van der Waals surface area contributed by atoms with Crippen LogP contribution in [0.2, 0.25) is 0 Å². The molecule has 1 aromatic heterocycles. The molecule has 4 rings (SSSR count). The van der Waals surface area contributed by atoms with E-state index in [9.17, 15) is 22.4 Å². The summed E-state index contributed by atoms with van der Waals surface area (Å²) in [6, 6.07) is 3.24. The number of benzene rings is 1. The summed E-state index contributed by atoms with van der Waals surface area (Å²) in [5, 5.41) is 3.19. The Morgan fingerprint density at radius 1 is 1.38 bits per heavy atom. The monoisotopic (exact) mass is 482 g/mol. The van der Waals surface area contributed by atoms with Gasteiger partial charge in [-0.15, -0.1) is 11.3 Å². The Kier molecular flexibility index (Phi) is 6.45. The van der Waals surface area contributed by atoms with E-state index in [0.717, 1.165) is 24.2 Å². The van der Waals surface area contributed by atoms with Crippen molar-refractivity contribution in [3.8, 4) is 5.75 Å². The summed E-state index contributed by atoms with van der Waals surface area (Å²) in [5.74, 6) is -0.479. The normalized spacial score (nSPS) is 17.5. The standard InChI is InChI=1S/C20H23FN4O5S2/c1-12(14-4-5-15(21)16(8-14)30-11-13-2-3-13)24-32(28,29)7-6-18-22-9-19(31-18)25-10-17(26)23-20(25)27/h4-5,8-9,12-13,24H,2-3,6-7,10-11H2,1H3,(H,23,26,27)/t12-/m1/s1. The van der Waals surface area contributed by atoms with Gasteiger partial charge in [0.1, 0.15) is 11.5 Å². The Bertz CT molecular complexity index is 1130. The Morgan fingerprint density at radius 2 is 2.16 bits per heavy atom. The lowest BCUT2D eigenvalue weighted by Crippen LogP contribution is -2.30. The third-order valence-electron chi connectivity index (χ3n) is 5.17. The highest BCUT2D eigenvalue weighted by molar-refractivity contribution is 7.89. The number of carbonyl (C=O) groups is 2. The number of hydrogen-bond acceptors (Lipinski definition) is 7. The molecular weight excluding hydrogens is 459 g/mol. The number of hydrogen-bond donors (Lipinski definition) is 2. The van der Waals surface area contributed by atoms with Crippen molar-refractivity contribution in [1.82, 2.24) is 15.0 Å². The zero-order valence-corrected chi connectivity index (χ0v) is 19.0. The molecule has 32 heavy (non-hydrogen) atoms. The van der Waals surface area contributed by atoms with Gasteiger partial charge in [0.05, 0.1) is 23.6 Å². The van der Waals surface area contributed by atoms with Crippen LogP contribution in [0.5, 0.6) is 5.75 Å². The molecule has 0 bridgehead atoms. The van der Waals surface area contributed by atoms with E-state index < -0.39 is 33.8 Å². The molecule has 2 N–H and O–H groups in total. The summed E-state index contributed by atoms with van der Waals surface area (Å²) in [4.78, 5) is 28.5. The second-order valence-corrected chi connectivity index (χ2v) is 10.9. The van der Waals surface area contributed by atoms with Crippen molar-refractivity contribution < 1.29 is 27.1 Å². The van der Waals surface area contributed by atoms with Gasteiger partial charge in [0, 0.05) is 12.5 Å². The predicted molar refractivity (Wildman–Crippen MR) is 117 cm³/mol. The number of anilines is 1. The van der Waals surface area contributed by atoms with Crippen LogP contribution in [0.3, 0.4) is 0 Å². The van der Waals surface area contributed by atoms with Gasteiger partial charge in [-0.1, -0.05) is 6.07 Å². The van der Waals surface area contributed by atoms with E-state index in [-0.39, 0.29) is 24.5 Å². The van der Waals surface area contributed by atoms with Crippen LogP contribution in [0, 0.1) is 11.7 Å². The minimum atomic E-state index is -3.66. The van der Waals surface area contributed by atoms with Gasteiger partial charge in [0.2, 0.25) is 15.9 Å². The lowest BCUT2D eigenvalue weighted by Gasteiger charge is -2.16. The van der Waals surface area contributed by atoms with Gasteiger partial charge in [0.15, 0.2) is 11.6 Å². The van der Waals surface area contributed by atoms with Crippen LogP contribution >= 0.6 is 11.3 Å². The number of ether oxygens (including phenoxy) is 1. The van der Waals surface area contributed by atoms with Gasteiger partial charge < -0.3 is 4.74 Å². The van der Waals surface area contributed by atoms with Crippen LogP contribution < -0.4 is 19.7 Å². The number of urea groups is 1. The number of sulfonamides is 1. The fraction of sp³-hybridized carbons (Fsp3) is 0.450. The number of rotatable bonds is 10. The number of halogens is 1. The Morgan fingerprint density at radius 3 is 2.84 bits per heavy atom. The maximum atomic E-state index is 14.0. The molecule has 2 aliphatic rings. The van der Waals surface area contributed by atoms with Crippen molar-refractivity contribution in [2.24, 2.45) is 5.92 Å². The van der Waals surface area contributed by atoms with E-state index in [1.807, 2.05) is 0 Å². The smallest absolute Gasteiger partial charge is 0.329 e. The quantitative estimate of drug-likeness (QED) is 0.502. The molecule has 1 atom stereocenters. The largest absolute Gasteiger partial charge is 0.490 e. The van der Waals surface area contributed by atoms with E-state index >= 15 is 0 Å². The van der Waals surface area contributed by atoms with E-state index in [1.54, 1.807) is 6.92 Å². The molecule has 2 aromatic rings. The fourth-order valence-corrected chi connectivity index (χ4v) is 5.47. The van der Waals surface area contributed by atoms with Gasteiger partial charge >= 0.3 is 6.03 Å². The zero-order valence-electron chi connectivity index (χ0n) is 17.3. The first-order chi connectivity index (χ1) is 15.2. The van der Waals surface area contributed by atoms with Crippen LogP contribution in [0.4, 0.5) is 14.2 Å². The number of amides is 3. The average molecular weight is 483 g/mol. The van der Waals surface area contributed by atoms with Crippen molar-refractivity contribution in [1.29, 1.82) is 0 Å². The molecule has 1 aromatic carbocycles. The Balaban J connectivity index is 1.33. The maximum Gasteiger partial charge on any atom is 0.329 e. The predicted octanol–water partition coefficient (Wildman–Crippen LogP) is 2.35. The van der Waals surface area contributed by atoms with Gasteiger partial charge in [-0.05, 0) is 43.4 Å². The number of aromatic nitrogens is 1. The van der Waals surface area contributed by atoms with Gasteiger partial charge in [0.25, 0.3) is 0 Å². The van der Waals surface area contributed by atoms with E-state index in [2.05, 4.69) is 15.0 Å². The van der Waals surface area contributed by atoms with Crippen molar-refractivity contribution >= 4 is 38.3 Å². The first-order valence-electron chi connectivity index (χ1n) is 10.2. The molecule has 0 radical (unpaired) electrons. The molecule has 2 heterocycles. The minimum absolute atomic E-state index is 0.0815. The molecule has 1 saturated heterocycles. The maximum absolute atomic E-state index is 14.0. The number of thiazole rings is 1. The number of carbonyl (C=O) groups excluding carboxylic acids is 2. The number of aryl methyl sites for hydroxylation is 1. The van der Waals surface area contributed by atoms with Gasteiger partial charge in [-0.25, -0.2) is 27.3 Å². The van der Waals surface area contributed by atoms with E-state index in [0.29, 0.717) is 28.1 Å². The van der Waals surface area contributed by atoms with E-state index in [4.69, 9.17) is 4.74 Å². The van der Waals surface area contributed by atoms with Crippen molar-refractivity contribution in [3.05, 3.63) is 40.8 Å². The average Bonchev–Trinajstić information content (AvgIpc) is 3.33. The summed E-state index contributed by atoms with van der Waals surface area (Å²) < 4.78 is 47.2. The van der Waals surface area contributed by atoms with Crippen LogP contribution in [-0.2, 0) is 21.2 Å². The molecule has 3 amide bonds. The molecule has 1 aliphatic heterocycles. The summed E-state index contributed by atoms with van der Waals surface area (Å²) in [6.07, 6.45) is 3.76. The topological polar surface area (TPSA) is 118 Å². The molecule has 172 valence electrons. The van der Waals surface area contributed by atoms with Crippen LogP contribution in [0.15, 0.2) is 24.4 Å². The highest BCUT2D eigenvalue weighted by Crippen LogP contribution is 2.31. The molecule has 0 unspecified atom stereocenters. The molecule has 0 spiro atoms. The lowest BCUT2D eigenvalue weighted by atomic mass is 10.1. The molecule has 12 heteroatoms. The summed E-state index contributed by atoms with van der Waals surface area (Å²) in [5.41, 5.74) is 0.599. The SMILES string of the molecule is C[C@@H](NS(=O)(=O)CCc1ncc(N2CC(=O)NC2=O)s1)c1ccc(F)c(OCC2CC2)c1. The Labute approximate surface area is 189 Å². The van der Waals surface area contributed by atoms with E-state index in [1.165, 1.54) is 29.3 Å². The highest BCUT2D eigenvalue weighted by atomic mass is 32.2. The van der Waals surface area contributed by atoms with Crippen LogP contribution in [-0.4, -0.2) is 44.2 Å². The second-order valence-electron chi connectivity index (χ2n) is 7.88. The van der Waals surface area contributed by atoms with Crippen molar-refractivity contribution in [2.45, 2.75) is 32.2 Å². The number of nitrogens with one attached hydrogen (secondary N) is 2. The van der Waals surface area contributed by atoms with Crippen molar-refractivity contribution in [2.75, 3.05) is 23.8 Å².